The highest BCUT2D eigenvalue weighted by Crippen LogP contribution is 2.24. The molecule has 0 bridgehead atoms. The molecule has 0 heterocycles. The number of benzene rings is 3. The zero-order chi connectivity index (χ0) is 24.0. The highest BCUT2D eigenvalue weighted by molar-refractivity contribution is 6.31. The van der Waals surface area contributed by atoms with Gasteiger partial charge < -0.3 is 16.0 Å². The van der Waals surface area contributed by atoms with Crippen LogP contribution in [0.1, 0.15) is 40.1 Å². The van der Waals surface area contributed by atoms with E-state index in [0.717, 1.165) is 5.56 Å². The van der Waals surface area contributed by atoms with Crippen LogP contribution < -0.4 is 11.1 Å². The summed E-state index contributed by atoms with van der Waals surface area (Å²) in [5, 5.41) is 3.37. The number of rotatable bonds is 8. The van der Waals surface area contributed by atoms with Crippen molar-refractivity contribution < 1.29 is 14.0 Å². The van der Waals surface area contributed by atoms with Crippen molar-refractivity contribution >= 4 is 29.1 Å². The Morgan fingerprint density at radius 3 is 2.39 bits per heavy atom. The fraction of sp³-hybridized carbons (Fsp3) is 0.231. The molecule has 0 radical (unpaired) electrons. The summed E-state index contributed by atoms with van der Waals surface area (Å²) in [4.78, 5) is 27.7. The van der Waals surface area contributed by atoms with E-state index >= 15 is 0 Å². The van der Waals surface area contributed by atoms with E-state index in [4.69, 9.17) is 17.3 Å². The molecule has 3 aromatic carbocycles. The van der Waals surface area contributed by atoms with E-state index in [1.165, 1.54) is 18.2 Å². The zero-order valence-corrected chi connectivity index (χ0v) is 19.4. The maximum Gasteiger partial charge on any atom is 0.255 e. The van der Waals surface area contributed by atoms with Gasteiger partial charge in [-0.05, 0) is 60.0 Å². The first-order valence-electron chi connectivity index (χ1n) is 10.6. The Kier molecular flexibility index (Phi) is 7.84. The second kappa shape index (κ2) is 10.6. The third-order valence-electron chi connectivity index (χ3n) is 5.24. The van der Waals surface area contributed by atoms with E-state index in [1.807, 2.05) is 26.0 Å². The SMILES string of the molecule is CC(C)(CN)CN(Cc1ccccc1NC(=O)c1cccc(Cl)c1)C(=O)c1cccc(F)c1. The fourth-order valence-electron chi connectivity index (χ4n) is 3.39. The number of nitrogens with two attached hydrogens (primary N) is 1. The molecule has 0 unspecified atom stereocenters. The minimum atomic E-state index is -0.479. The summed E-state index contributed by atoms with van der Waals surface area (Å²) in [5.41, 5.74) is 7.55. The molecule has 0 saturated heterocycles. The zero-order valence-electron chi connectivity index (χ0n) is 18.6. The van der Waals surface area contributed by atoms with Crippen molar-refractivity contribution in [3.8, 4) is 0 Å². The number of halogens is 2. The highest BCUT2D eigenvalue weighted by atomic mass is 35.5. The molecule has 7 heteroatoms. The largest absolute Gasteiger partial charge is 0.334 e. The molecule has 172 valence electrons. The van der Waals surface area contributed by atoms with Crippen LogP contribution in [0.3, 0.4) is 0 Å². The lowest BCUT2D eigenvalue weighted by Gasteiger charge is -2.32. The lowest BCUT2D eigenvalue weighted by molar-refractivity contribution is 0.0673. The van der Waals surface area contributed by atoms with Crippen molar-refractivity contribution in [2.24, 2.45) is 11.1 Å². The Labute approximate surface area is 198 Å². The van der Waals surface area contributed by atoms with Crippen molar-refractivity contribution in [1.29, 1.82) is 0 Å². The molecule has 5 nitrogen and oxygen atoms in total. The number of carbonyl (C=O) groups excluding carboxylic acids is 2. The molecule has 33 heavy (non-hydrogen) atoms. The van der Waals surface area contributed by atoms with Gasteiger partial charge in [-0.3, -0.25) is 9.59 Å². The quantitative estimate of drug-likeness (QED) is 0.468. The number of amides is 2. The summed E-state index contributed by atoms with van der Waals surface area (Å²) < 4.78 is 13.8. The summed E-state index contributed by atoms with van der Waals surface area (Å²) in [6.07, 6.45) is 0. The second-order valence-corrected chi connectivity index (χ2v) is 9.10. The molecule has 0 aliphatic rings. The van der Waals surface area contributed by atoms with Crippen LogP contribution >= 0.6 is 11.6 Å². The summed E-state index contributed by atoms with van der Waals surface area (Å²) in [6, 6.07) is 19.5. The smallest absolute Gasteiger partial charge is 0.255 e. The van der Waals surface area contributed by atoms with Crippen molar-refractivity contribution in [2.75, 3.05) is 18.4 Å². The maximum atomic E-state index is 13.8. The van der Waals surface area contributed by atoms with Crippen molar-refractivity contribution in [2.45, 2.75) is 20.4 Å². The lowest BCUT2D eigenvalue weighted by atomic mass is 9.92. The molecule has 0 atom stereocenters. The van der Waals surface area contributed by atoms with Crippen LogP contribution in [-0.4, -0.2) is 29.8 Å². The minimum Gasteiger partial charge on any atom is -0.334 e. The van der Waals surface area contributed by atoms with Gasteiger partial charge in [-0.2, -0.15) is 0 Å². The fourth-order valence-corrected chi connectivity index (χ4v) is 3.59. The number of anilines is 1. The Morgan fingerprint density at radius 2 is 1.70 bits per heavy atom. The topological polar surface area (TPSA) is 75.4 Å². The normalized spacial score (nSPS) is 11.2. The molecular formula is C26H27ClFN3O2. The monoisotopic (exact) mass is 467 g/mol. The molecule has 3 aromatic rings. The molecule has 0 aromatic heterocycles. The standard InChI is InChI=1S/C26H27ClFN3O2/c1-26(2,16-29)17-31(25(33)19-9-6-11-22(28)14-19)15-20-7-3-4-12-23(20)30-24(32)18-8-5-10-21(27)13-18/h3-14H,15-17,29H2,1-2H3,(H,30,32). The van der Waals surface area contributed by atoms with E-state index < -0.39 is 5.82 Å². The molecule has 0 aliphatic heterocycles. The number of hydrogen-bond donors (Lipinski definition) is 2. The van der Waals surface area contributed by atoms with Gasteiger partial charge in [0.2, 0.25) is 0 Å². The maximum absolute atomic E-state index is 13.8. The van der Waals surface area contributed by atoms with Gasteiger partial charge >= 0.3 is 0 Å². The summed E-state index contributed by atoms with van der Waals surface area (Å²) >= 11 is 6.01. The average Bonchev–Trinajstić information content (AvgIpc) is 2.79. The Hall–Kier alpha value is -3.22. The molecule has 3 rings (SSSR count). The van der Waals surface area contributed by atoms with E-state index in [0.29, 0.717) is 29.4 Å². The van der Waals surface area contributed by atoms with Crippen LogP contribution in [0.15, 0.2) is 72.8 Å². The second-order valence-electron chi connectivity index (χ2n) is 8.66. The van der Waals surface area contributed by atoms with Gasteiger partial charge in [-0.15, -0.1) is 0 Å². The first kappa shape index (κ1) is 24.4. The van der Waals surface area contributed by atoms with Gasteiger partial charge in [0.1, 0.15) is 5.82 Å². The predicted octanol–water partition coefficient (Wildman–Crippen LogP) is 5.36. The van der Waals surface area contributed by atoms with Gasteiger partial charge in [0.25, 0.3) is 11.8 Å². The Balaban J connectivity index is 1.89. The molecule has 0 spiro atoms. The molecule has 0 fully saturated rings. The third kappa shape index (κ3) is 6.63. The molecule has 3 N–H and O–H groups in total. The molecule has 0 aliphatic carbocycles. The number of para-hydroxylation sites is 1. The summed E-state index contributed by atoms with van der Waals surface area (Å²) in [6.45, 7) is 4.87. The van der Waals surface area contributed by atoms with E-state index in [2.05, 4.69) is 5.32 Å². The first-order valence-corrected chi connectivity index (χ1v) is 11.0. The van der Waals surface area contributed by atoms with Gasteiger partial charge in [-0.25, -0.2) is 4.39 Å². The van der Waals surface area contributed by atoms with Crippen LogP contribution in [-0.2, 0) is 6.54 Å². The summed E-state index contributed by atoms with van der Waals surface area (Å²) in [5.74, 6) is -1.10. The highest BCUT2D eigenvalue weighted by Gasteiger charge is 2.26. The van der Waals surface area contributed by atoms with E-state index in [9.17, 15) is 14.0 Å². The van der Waals surface area contributed by atoms with Gasteiger partial charge in [0, 0.05) is 34.9 Å². The van der Waals surface area contributed by atoms with Crippen molar-refractivity contribution in [3.63, 3.8) is 0 Å². The number of nitrogens with one attached hydrogen (secondary N) is 1. The van der Waals surface area contributed by atoms with Crippen molar-refractivity contribution in [1.82, 2.24) is 4.90 Å². The van der Waals surface area contributed by atoms with E-state index in [1.54, 1.807) is 47.4 Å². The molecule has 0 saturated carbocycles. The third-order valence-corrected chi connectivity index (χ3v) is 5.48. The van der Waals surface area contributed by atoms with Gasteiger partial charge in [-0.1, -0.05) is 55.8 Å². The van der Waals surface area contributed by atoms with Crippen LogP contribution in [0.5, 0.6) is 0 Å². The number of carbonyl (C=O) groups is 2. The van der Waals surface area contributed by atoms with E-state index in [-0.39, 0.29) is 29.3 Å². The Morgan fingerprint density at radius 1 is 1.00 bits per heavy atom. The molecular weight excluding hydrogens is 441 g/mol. The van der Waals surface area contributed by atoms with Crippen LogP contribution in [0.25, 0.3) is 0 Å². The van der Waals surface area contributed by atoms with Crippen LogP contribution in [0.2, 0.25) is 5.02 Å². The van der Waals surface area contributed by atoms with Gasteiger partial charge in [0.05, 0.1) is 0 Å². The number of nitrogens with zero attached hydrogens (tertiary/aromatic N) is 1. The summed E-state index contributed by atoms with van der Waals surface area (Å²) in [7, 11) is 0. The van der Waals surface area contributed by atoms with Crippen LogP contribution in [0, 0.1) is 11.2 Å². The average molecular weight is 468 g/mol. The first-order chi connectivity index (χ1) is 15.7. The minimum absolute atomic E-state index is 0.213. The predicted molar refractivity (Wildman–Crippen MR) is 130 cm³/mol. The van der Waals surface area contributed by atoms with Crippen LogP contribution in [0.4, 0.5) is 10.1 Å². The van der Waals surface area contributed by atoms with Crippen molar-refractivity contribution in [3.05, 3.63) is 100 Å². The Bertz CT molecular complexity index is 1150. The lowest BCUT2D eigenvalue weighted by Crippen LogP contribution is -2.41. The number of hydrogen-bond acceptors (Lipinski definition) is 3. The molecule has 2 amide bonds. The van der Waals surface area contributed by atoms with Gasteiger partial charge in [0.15, 0.2) is 0 Å².